The number of halogens is 1. The summed E-state index contributed by atoms with van der Waals surface area (Å²) in [7, 11) is 0. The van der Waals surface area contributed by atoms with Crippen LogP contribution in [0.1, 0.15) is 23.3 Å². The van der Waals surface area contributed by atoms with Crippen molar-refractivity contribution >= 4 is 11.6 Å². The quantitative estimate of drug-likeness (QED) is 0.829. The van der Waals surface area contributed by atoms with Crippen LogP contribution in [0, 0.1) is 5.82 Å². The summed E-state index contributed by atoms with van der Waals surface area (Å²) in [5, 5.41) is 8.07. The number of piperazine rings is 1. The average Bonchev–Trinajstić information content (AvgIpc) is 3.34. The van der Waals surface area contributed by atoms with Crippen LogP contribution in [0.15, 0.2) is 30.5 Å². The van der Waals surface area contributed by atoms with Gasteiger partial charge in [0, 0.05) is 32.8 Å². The number of aromatic nitrogens is 3. The zero-order valence-corrected chi connectivity index (χ0v) is 14.6. The number of hydrogen-bond donors (Lipinski definition) is 0. The first-order valence-electron chi connectivity index (χ1n) is 9.01. The summed E-state index contributed by atoms with van der Waals surface area (Å²) in [6.07, 6.45) is 3.93. The molecule has 2 fully saturated rings. The molecule has 1 atom stereocenters. The lowest BCUT2D eigenvalue weighted by molar-refractivity contribution is 0.0740. The third-order valence-corrected chi connectivity index (χ3v) is 4.93. The second-order valence-corrected chi connectivity index (χ2v) is 6.69. The highest BCUT2D eigenvalue weighted by molar-refractivity contribution is 5.92. The number of rotatable bonds is 4. The number of ether oxygens (including phenoxy) is 1. The average molecular weight is 359 g/mol. The normalized spacial score (nSPS) is 20.6. The molecule has 0 spiro atoms. The van der Waals surface area contributed by atoms with Gasteiger partial charge in [0.05, 0.1) is 24.5 Å². The van der Waals surface area contributed by atoms with Crippen molar-refractivity contribution in [2.24, 2.45) is 0 Å². The van der Waals surface area contributed by atoms with Gasteiger partial charge in [-0.2, -0.15) is 0 Å². The molecule has 0 N–H and O–H groups in total. The lowest BCUT2D eigenvalue weighted by atomic mass is 10.2. The SMILES string of the molecule is O=C(c1cn(C[C@H]2CCCO2)nn1)N1CCN(c2ccccc2F)CC1. The number of nitrogens with zero attached hydrogens (tertiary/aromatic N) is 5. The van der Waals surface area contributed by atoms with E-state index in [4.69, 9.17) is 4.74 Å². The van der Waals surface area contributed by atoms with Crippen LogP contribution in [0.3, 0.4) is 0 Å². The Balaban J connectivity index is 1.35. The van der Waals surface area contributed by atoms with Crippen molar-refractivity contribution in [2.45, 2.75) is 25.5 Å². The van der Waals surface area contributed by atoms with E-state index in [1.54, 1.807) is 27.9 Å². The Labute approximate surface area is 151 Å². The van der Waals surface area contributed by atoms with Gasteiger partial charge < -0.3 is 14.5 Å². The van der Waals surface area contributed by atoms with Gasteiger partial charge >= 0.3 is 0 Å². The fourth-order valence-electron chi connectivity index (χ4n) is 3.50. The highest BCUT2D eigenvalue weighted by Crippen LogP contribution is 2.20. The zero-order valence-electron chi connectivity index (χ0n) is 14.6. The maximum atomic E-state index is 13.9. The standard InChI is InChI=1S/C18H22FN5O2/c19-15-5-1-2-6-17(15)22-7-9-23(10-8-22)18(25)16-13-24(21-20-16)12-14-4-3-11-26-14/h1-2,5-6,13-14H,3-4,7-12H2/t14-/m1/s1. The molecule has 2 aromatic rings. The molecule has 2 aliphatic rings. The molecule has 0 radical (unpaired) electrons. The van der Waals surface area contributed by atoms with Gasteiger partial charge in [-0.25, -0.2) is 9.07 Å². The fraction of sp³-hybridized carbons (Fsp3) is 0.500. The van der Waals surface area contributed by atoms with Gasteiger partial charge in [-0.3, -0.25) is 4.79 Å². The number of anilines is 1. The van der Waals surface area contributed by atoms with E-state index in [0.29, 0.717) is 44.1 Å². The molecular formula is C18H22FN5O2. The van der Waals surface area contributed by atoms with Crippen LogP contribution in [-0.2, 0) is 11.3 Å². The number of para-hydroxylation sites is 1. The van der Waals surface area contributed by atoms with Crippen molar-refractivity contribution in [2.75, 3.05) is 37.7 Å². The number of carbonyl (C=O) groups is 1. The predicted octanol–water partition coefficient (Wildman–Crippen LogP) is 1.56. The van der Waals surface area contributed by atoms with Gasteiger partial charge in [-0.1, -0.05) is 17.3 Å². The van der Waals surface area contributed by atoms with E-state index in [0.717, 1.165) is 19.4 Å². The highest BCUT2D eigenvalue weighted by Gasteiger charge is 2.25. The summed E-state index contributed by atoms with van der Waals surface area (Å²) in [6.45, 7) is 3.67. The van der Waals surface area contributed by atoms with E-state index in [1.165, 1.54) is 6.07 Å². The lowest BCUT2D eigenvalue weighted by Gasteiger charge is -2.35. The predicted molar refractivity (Wildman–Crippen MR) is 93.5 cm³/mol. The minimum atomic E-state index is -0.232. The zero-order chi connectivity index (χ0) is 17.9. The lowest BCUT2D eigenvalue weighted by Crippen LogP contribution is -2.49. The minimum Gasteiger partial charge on any atom is -0.376 e. The molecule has 0 aliphatic carbocycles. The third-order valence-electron chi connectivity index (χ3n) is 4.93. The van der Waals surface area contributed by atoms with E-state index in [9.17, 15) is 9.18 Å². The van der Waals surface area contributed by atoms with Crippen LogP contribution in [-0.4, -0.2) is 64.7 Å². The largest absolute Gasteiger partial charge is 0.376 e. The Morgan fingerprint density at radius 3 is 2.77 bits per heavy atom. The molecule has 3 heterocycles. The summed E-state index contributed by atoms with van der Waals surface area (Å²) in [5.41, 5.74) is 0.935. The van der Waals surface area contributed by atoms with Crippen molar-refractivity contribution < 1.29 is 13.9 Å². The molecule has 0 bridgehead atoms. The number of benzene rings is 1. The fourth-order valence-corrected chi connectivity index (χ4v) is 3.50. The van der Waals surface area contributed by atoms with Crippen molar-refractivity contribution in [1.29, 1.82) is 0 Å². The minimum absolute atomic E-state index is 0.128. The Kier molecular flexibility index (Phi) is 4.83. The monoisotopic (exact) mass is 359 g/mol. The Morgan fingerprint density at radius 2 is 2.04 bits per heavy atom. The van der Waals surface area contributed by atoms with Crippen LogP contribution < -0.4 is 4.90 Å². The first-order valence-corrected chi connectivity index (χ1v) is 9.01. The topological polar surface area (TPSA) is 63.5 Å². The summed E-state index contributed by atoms with van der Waals surface area (Å²) in [4.78, 5) is 16.4. The van der Waals surface area contributed by atoms with E-state index in [1.807, 2.05) is 11.0 Å². The molecule has 1 aromatic heterocycles. The van der Waals surface area contributed by atoms with Gasteiger partial charge in [0.2, 0.25) is 0 Å². The number of carbonyl (C=O) groups excluding carboxylic acids is 1. The molecule has 8 heteroatoms. The third kappa shape index (κ3) is 3.55. The Bertz CT molecular complexity index is 766. The summed E-state index contributed by atoms with van der Waals surface area (Å²) < 4.78 is 21.2. The van der Waals surface area contributed by atoms with Gasteiger partial charge in [0.1, 0.15) is 5.82 Å². The molecule has 2 aliphatic heterocycles. The van der Waals surface area contributed by atoms with Gasteiger partial charge in [0.15, 0.2) is 5.69 Å². The van der Waals surface area contributed by atoms with Crippen molar-refractivity contribution in [3.63, 3.8) is 0 Å². The molecule has 26 heavy (non-hydrogen) atoms. The second-order valence-electron chi connectivity index (χ2n) is 6.69. The maximum absolute atomic E-state index is 13.9. The van der Waals surface area contributed by atoms with Crippen LogP contribution in [0.25, 0.3) is 0 Å². The van der Waals surface area contributed by atoms with Crippen LogP contribution in [0.4, 0.5) is 10.1 Å². The molecule has 7 nitrogen and oxygen atoms in total. The molecule has 138 valence electrons. The van der Waals surface area contributed by atoms with Crippen LogP contribution in [0.5, 0.6) is 0 Å². The molecule has 0 unspecified atom stereocenters. The van der Waals surface area contributed by atoms with Crippen molar-refractivity contribution in [3.05, 3.63) is 42.0 Å². The Morgan fingerprint density at radius 1 is 1.23 bits per heavy atom. The van der Waals surface area contributed by atoms with Crippen LogP contribution in [0.2, 0.25) is 0 Å². The smallest absolute Gasteiger partial charge is 0.276 e. The molecule has 4 rings (SSSR count). The van der Waals surface area contributed by atoms with E-state index >= 15 is 0 Å². The second kappa shape index (κ2) is 7.41. The van der Waals surface area contributed by atoms with Crippen molar-refractivity contribution in [3.8, 4) is 0 Å². The number of amides is 1. The highest BCUT2D eigenvalue weighted by atomic mass is 19.1. The van der Waals surface area contributed by atoms with Gasteiger partial charge in [-0.05, 0) is 25.0 Å². The van der Waals surface area contributed by atoms with Gasteiger partial charge in [0.25, 0.3) is 5.91 Å². The Hall–Kier alpha value is -2.48. The van der Waals surface area contributed by atoms with Crippen LogP contribution >= 0.6 is 0 Å². The molecule has 2 saturated heterocycles. The van der Waals surface area contributed by atoms with E-state index in [2.05, 4.69) is 10.3 Å². The summed E-state index contributed by atoms with van der Waals surface area (Å²) in [6, 6.07) is 6.73. The van der Waals surface area contributed by atoms with Gasteiger partial charge in [-0.15, -0.1) is 5.10 Å². The van der Waals surface area contributed by atoms with E-state index < -0.39 is 0 Å². The molecule has 1 amide bonds. The molecule has 1 aromatic carbocycles. The number of hydrogen-bond acceptors (Lipinski definition) is 5. The first kappa shape index (κ1) is 17.0. The maximum Gasteiger partial charge on any atom is 0.276 e. The molecule has 0 saturated carbocycles. The molecular weight excluding hydrogens is 337 g/mol. The summed E-state index contributed by atoms with van der Waals surface area (Å²) >= 11 is 0. The summed E-state index contributed by atoms with van der Waals surface area (Å²) in [5.74, 6) is -0.360. The van der Waals surface area contributed by atoms with E-state index in [-0.39, 0.29) is 17.8 Å². The first-order chi connectivity index (χ1) is 12.7. The van der Waals surface area contributed by atoms with Crippen molar-refractivity contribution in [1.82, 2.24) is 19.9 Å².